The quantitative estimate of drug-likeness (QED) is 0.824. The van der Waals surface area contributed by atoms with Crippen LogP contribution >= 0.6 is 11.3 Å². The fourth-order valence-electron chi connectivity index (χ4n) is 1.85. The topological polar surface area (TPSA) is 66.4 Å². The van der Waals surface area contributed by atoms with Crippen molar-refractivity contribution >= 4 is 21.4 Å². The molecule has 1 aliphatic rings. The molecular formula is C11H17NO3S2. The van der Waals surface area contributed by atoms with E-state index in [1.54, 1.807) is 12.1 Å². The molecule has 2 atom stereocenters. The molecule has 1 fully saturated rings. The molecule has 0 saturated heterocycles. The van der Waals surface area contributed by atoms with Crippen LogP contribution in [0.5, 0.6) is 0 Å². The number of aliphatic hydroxyl groups is 1. The molecule has 2 unspecified atom stereocenters. The summed E-state index contributed by atoms with van der Waals surface area (Å²) in [7, 11) is -3.35. The predicted molar refractivity (Wildman–Crippen MR) is 67.6 cm³/mol. The van der Waals surface area contributed by atoms with Gasteiger partial charge in [-0.15, -0.1) is 11.3 Å². The Balaban J connectivity index is 2.04. The van der Waals surface area contributed by atoms with Gasteiger partial charge in [-0.3, -0.25) is 0 Å². The van der Waals surface area contributed by atoms with E-state index in [-0.39, 0.29) is 12.6 Å². The molecule has 1 heterocycles. The van der Waals surface area contributed by atoms with E-state index in [4.69, 9.17) is 5.11 Å². The molecule has 0 aliphatic heterocycles. The van der Waals surface area contributed by atoms with Crippen LogP contribution in [0.15, 0.2) is 16.3 Å². The molecule has 1 aromatic heterocycles. The molecule has 17 heavy (non-hydrogen) atoms. The minimum atomic E-state index is -3.35. The SMILES string of the molecule is CCC1CC1NS(=O)(=O)c1ccc(CCO)s1. The van der Waals surface area contributed by atoms with Crippen LogP contribution in [-0.4, -0.2) is 26.2 Å². The predicted octanol–water partition coefficient (Wildman–Crippen LogP) is 1.36. The van der Waals surface area contributed by atoms with Crippen LogP contribution in [0.3, 0.4) is 0 Å². The fourth-order valence-corrected chi connectivity index (χ4v) is 4.53. The molecule has 1 aliphatic carbocycles. The highest BCUT2D eigenvalue weighted by Crippen LogP contribution is 2.35. The number of nitrogens with one attached hydrogen (secondary N) is 1. The molecule has 0 bridgehead atoms. The van der Waals surface area contributed by atoms with Gasteiger partial charge in [0.1, 0.15) is 4.21 Å². The Hall–Kier alpha value is -0.430. The summed E-state index contributed by atoms with van der Waals surface area (Å²) in [5.74, 6) is 0.502. The molecule has 0 radical (unpaired) electrons. The maximum atomic E-state index is 12.0. The molecule has 2 N–H and O–H groups in total. The molecular weight excluding hydrogens is 258 g/mol. The zero-order valence-corrected chi connectivity index (χ0v) is 11.4. The smallest absolute Gasteiger partial charge is 0.250 e. The summed E-state index contributed by atoms with van der Waals surface area (Å²) in [4.78, 5) is 0.899. The van der Waals surface area contributed by atoms with Gasteiger partial charge in [-0.25, -0.2) is 13.1 Å². The van der Waals surface area contributed by atoms with Crippen LogP contribution in [0.25, 0.3) is 0 Å². The first-order valence-electron chi connectivity index (χ1n) is 5.78. The average molecular weight is 275 g/mol. The largest absolute Gasteiger partial charge is 0.396 e. The van der Waals surface area contributed by atoms with Gasteiger partial charge in [0, 0.05) is 23.9 Å². The number of aliphatic hydroxyl groups excluding tert-OH is 1. The normalized spacial score (nSPS) is 23.9. The van der Waals surface area contributed by atoms with E-state index in [1.165, 1.54) is 11.3 Å². The van der Waals surface area contributed by atoms with Crippen LogP contribution in [0.1, 0.15) is 24.6 Å². The standard InChI is InChI=1S/C11H17NO3S2/c1-2-8-7-10(8)12-17(14,15)11-4-3-9(16-11)5-6-13/h3-4,8,10,12-13H,2,5-7H2,1H3. The van der Waals surface area contributed by atoms with Crippen LogP contribution < -0.4 is 4.72 Å². The molecule has 96 valence electrons. The lowest BCUT2D eigenvalue weighted by Crippen LogP contribution is -2.26. The van der Waals surface area contributed by atoms with Gasteiger partial charge in [-0.05, 0) is 24.5 Å². The molecule has 1 saturated carbocycles. The van der Waals surface area contributed by atoms with E-state index in [2.05, 4.69) is 11.6 Å². The summed E-state index contributed by atoms with van der Waals surface area (Å²) in [5.41, 5.74) is 0. The van der Waals surface area contributed by atoms with Crippen LogP contribution in [0, 0.1) is 5.92 Å². The number of hydrogen-bond acceptors (Lipinski definition) is 4. The third kappa shape index (κ3) is 3.07. The molecule has 0 amide bonds. The minimum Gasteiger partial charge on any atom is -0.396 e. The van der Waals surface area contributed by atoms with E-state index < -0.39 is 10.0 Å². The molecule has 0 aromatic carbocycles. The van der Waals surface area contributed by atoms with E-state index in [1.807, 2.05) is 0 Å². The number of thiophene rings is 1. The van der Waals surface area contributed by atoms with Gasteiger partial charge in [0.15, 0.2) is 0 Å². The Bertz CT molecular complexity index is 481. The zero-order chi connectivity index (χ0) is 12.5. The van der Waals surface area contributed by atoms with Gasteiger partial charge >= 0.3 is 0 Å². The van der Waals surface area contributed by atoms with Gasteiger partial charge in [0.2, 0.25) is 10.0 Å². The first-order valence-corrected chi connectivity index (χ1v) is 8.08. The van der Waals surface area contributed by atoms with E-state index in [0.717, 1.165) is 17.7 Å². The third-order valence-electron chi connectivity index (χ3n) is 3.01. The summed E-state index contributed by atoms with van der Waals surface area (Å²) in [6, 6.07) is 3.49. The first kappa shape index (κ1) is 13.0. The van der Waals surface area contributed by atoms with E-state index >= 15 is 0 Å². The van der Waals surface area contributed by atoms with Gasteiger partial charge in [0.25, 0.3) is 0 Å². The molecule has 1 aromatic rings. The lowest BCUT2D eigenvalue weighted by molar-refractivity contribution is 0.300. The molecule has 0 spiro atoms. The maximum absolute atomic E-state index is 12.0. The lowest BCUT2D eigenvalue weighted by Gasteiger charge is -2.03. The first-order chi connectivity index (χ1) is 8.06. The second-order valence-corrected chi connectivity index (χ2v) is 7.44. The summed E-state index contributed by atoms with van der Waals surface area (Å²) >= 11 is 1.23. The lowest BCUT2D eigenvalue weighted by atomic mass is 10.3. The fraction of sp³-hybridized carbons (Fsp3) is 0.636. The summed E-state index contributed by atoms with van der Waals surface area (Å²) < 4.78 is 27.1. The van der Waals surface area contributed by atoms with Crippen molar-refractivity contribution in [2.24, 2.45) is 5.92 Å². The van der Waals surface area contributed by atoms with Crippen LogP contribution in [0.4, 0.5) is 0 Å². The van der Waals surface area contributed by atoms with E-state index in [0.29, 0.717) is 16.5 Å². The van der Waals surface area contributed by atoms with Crippen molar-refractivity contribution in [3.05, 3.63) is 17.0 Å². The maximum Gasteiger partial charge on any atom is 0.250 e. The van der Waals surface area contributed by atoms with Crippen molar-refractivity contribution in [3.8, 4) is 0 Å². The Morgan fingerprint density at radius 3 is 2.88 bits per heavy atom. The number of rotatable bonds is 6. The van der Waals surface area contributed by atoms with Crippen molar-refractivity contribution in [1.29, 1.82) is 0 Å². The van der Waals surface area contributed by atoms with Crippen molar-refractivity contribution in [2.75, 3.05) is 6.61 Å². The number of sulfonamides is 1. The molecule has 2 rings (SSSR count). The van der Waals surface area contributed by atoms with Crippen molar-refractivity contribution in [3.63, 3.8) is 0 Å². The van der Waals surface area contributed by atoms with Crippen LogP contribution in [-0.2, 0) is 16.4 Å². The Kier molecular flexibility index (Phi) is 3.87. The van der Waals surface area contributed by atoms with Crippen molar-refractivity contribution < 1.29 is 13.5 Å². The molecule has 6 heteroatoms. The Morgan fingerprint density at radius 2 is 2.29 bits per heavy atom. The highest BCUT2D eigenvalue weighted by Gasteiger charge is 2.38. The number of hydrogen-bond donors (Lipinski definition) is 2. The summed E-state index contributed by atoms with van der Waals surface area (Å²) in [5, 5.41) is 8.80. The van der Waals surface area contributed by atoms with Gasteiger partial charge in [0.05, 0.1) is 0 Å². The summed E-state index contributed by atoms with van der Waals surface area (Å²) in [6.45, 7) is 2.12. The van der Waals surface area contributed by atoms with Crippen molar-refractivity contribution in [2.45, 2.75) is 36.4 Å². The highest BCUT2D eigenvalue weighted by atomic mass is 32.2. The van der Waals surface area contributed by atoms with Gasteiger partial charge in [-0.1, -0.05) is 13.3 Å². The van der Waals surface area contributed by atoms with E-state index in [9.17, 15) is 8.42 Å². The average Bonchev–Trinajstić information content (AvgIpc) is 2.82. The van der Waals surface area contributed by atoms with Gasteiger partial charge < -0.3 is 5.11 Å². The van der Waals surface area contributed by atoms with Crippen LogP contribution in [0.2, 0.25) is 0 Å². The minimum absolute atomic E-state index is 0.0496. The van der Waals surface area contributed by atoms with Crippen molar-refractivity contribution in [1.82, 2.24) is 4.72 Å². The highest BCUT2D eigenvalue weighted by molar-refractivity contribution is 7.91. The monoisotopic (exact) mass is 275 g/mol. The zero-order valence-electron chi connectivity index (χ0n) is 9.72. The third-order valence-corrected chi connectivity index (χ3v) is 6.14. The Morgan fingerprint density at radius 1 is 1.53 bits per heavy atom. The second kappa shape index (κ2) is 5.06. The summed E-state index contributed by atoms with van der Waals surface area (Å²) in [6.07, 6.45) is 2.49. The van der Waals surface area contributed by atoms with Gasteiger partial charge in [-0.2, -0.15) is 0 Å². The Labute approximate surface area is 106 Å². The molecule has 4 nitrogen and oxygen atoms in total. The second-order valence-electron chi connectivity index (χ2n) is 4.33.